The summed E-state index contributed by atoms with van der Waals surface area (Å²) in [7, 11) is 0. The van der Waals surface area contributed by atoms with Crippen LogP contribution in [0.25, 0.3) is 11.6 Å². The zero-order chi connectivity index (χ0) is 10.1. The van der Waals surface area contributed by atoms with Crippen molar-refractivity contribution < 1.29 is 0 Å². The van der Waals surface area contributed by atoms with E-state index >= 15 is 0 Å². The summed E-state index contributed by atoms with van der Waals surface area (Å²) < 4.78 is 0. The summed E-state index contributed by atoms with van der Waals surface area (Å²) in [5.41, 5.74) is 3.58. The van der Waals surface area contributed by atoms with Crippen LogP contribution >= 0.6 is 0 Å². The second-order valence-corrected chi connectivity index (χ2v) is 3.46. The molecule has 0 fully saturated rings. The minimum atomic E-state index is 0.915. The fraction of sp³-hybridized carbons (Fsp3) is 0. The summed E-state index contributed by atoms with van der Waals surface area (Å²) in [6.07, 6.45) is 9.84. The average Bonchev–Trinajstić information content (AvgIpc) is 2.48. The zero-order valence-electron chi connectivity index (χ0n) is 8.14. The quantitative estimate of drug-likeness (QED) is 0.674. The molecular weight excluding hydrogens is 184 g/mol. The summed E-state index contributed by atoms with van der Waals surface area (Å²) in [5.74, 6) is 0.915. The summed E-state index contributed by atoms with van der Waals surface area (Å²) in [4.78, 5) is 4.37. The molecule has 2 aliphatic heterocycles. The Kier molecular flexibility index (Phi) is 1.78. The van der Waals surface area contributed by atoms with Crippen LogP contribution < -0.4 is 5.32 Å². The third kappa shape index (κ3) is 1.31. The van der Waals surface area contributed by atoms with Crippen LogP contribution in [0, 0.1) is 0 Å². The number of fused-ring (bicyclic) bond motifs is 3. The molecule has 0 atom stereocenters. The second kappa shape index (κ2) is 3.24. The molecular formula is C13H10N2. The monoisotopic (exact) mass is 194 g/mol. The third-order valence-corrected chi connectivity index (χ3v) is 2.54. The van der Waals surface area contributed by atoms with Gasteiger partial charge in [0.2, 0.25) is 0 Å². The predicted molar refractivity (Wildman–Crippen MR) is 63.2 cm³/mol. The molecule has 3 rings (SSSR count). The maximum atomic E-state index is 4.37. The van der Waals surface area contributed by atoms with E-state index in [2.05, 4.69) is 34.6 Å². The van der Waals surface area contributed by atoms with Crippen LogP contribution in [0.15, 0.2) is 53.8 Å². The molecule has 0 bridgehead atoms. The van der Waals surface area contributed by atoms with Crippen molar-refractivity contribution in [1.82, 2.24) is 5.32 Å². The fourth-order valence-corrected chi connectivity index (χ4v) is 1.83. The Hall–Kier alpha value is -2.09. The van der Waals surface area contributed by atoms with Gasteiger partial charge in [-0.15, -0.1) is 0 Å². The molecule has 2 aliphatic rings. The molecule has 1 aromatic rings. The van der Waals surface area contributed by atoms with E-state index in [9.17, 15) is 0 Å². The van der Waals surface area contributed by atoms with Gasteiger partial charge in [-0.1, -0.05) is 24.3 Å². The lowest BCUT2D eigenvalue weighted by molar-refractivity contribution is 1.26. The van der Waals surface area contributed by atoms with Crippen molar-refractivity contribution in [1.29, 1.82) is 0 Å². The first-order valence-corrected chi connectivity index (χ1v) is 4.93. The van der Waals surface area contributed by atoms with E-state index in [0.717, 1.165) is 11.4 Å². The zero-order valence-corrected chi connectivity index (χ0v) is 8.14. The van der Waals surface area contributed by atoms with E-state index < -0.39 is 0 Å². The van der Waals surface area contributed by atoms with Gasteiger partial charge in [-0.3, -0.25) is 0 Å². The minimum absolute atomic E-state index is 0.915. The second-order valence-electron chi connectivity index (χ2n) is 3.46. The van der Waals surface area contributed by atoms with Crippen LogP contribution in [0.1, 0.15) is 11.1 Å². The molecule has 0 aliphatic carbocycles. The van der Waals surface area contributed by atoms with Crippen LogP contribution in [0.2, 0.25) is 0 Å². The van der Waals surface area contributed by atoms with Crippen LogP contribution in [-0.2, 0) is 0 Å². The van der Waals surface area contributed by atoms with Gasteiger partial charge in [-0.25, -0.2) is 4.99 Å². The molecule has 72 valence electrons. The average molecular weight is 194 g/mol. The number of nitrogens with one attached hydrogen (secondary N) is 1. The van der Waals surface area contributed by atoms with E-state index in [0.29, 0.717) is 0 Å². The van der Waals surface area contributed by atoms with Gasteiger partial charge in [0.1, 0.15) is 5.84 Å². The van der Waals surface area contributed by atoms with Crippen molar-refractivity contribution in [3.8, 4) is 0 Å². The van der Waals surface area contributed by atoms with Crippen molar-refractivity contribution >= 4 is 17.5 Å². The molecule has 0 aromatic heterocycles. The lowest BCUT2D eigenvalue weighted by atomic mass is 9.98. The summed E-state index contributed by atoms with van der Waals surface area (Å²) in [5, 5.41) is 3.15. The highest BCUT2D eigenvalue weighted by atomic mass is 15.0. The fourth-order valence-electron chi connectivity index (χ4n) is 1.83. The molecule has 0 spiro atoms. The van der Waals surface area contributed by atoms with Crippen LogP contribution in [0.4, 0.5) is 0 Å². The molecule has 2 nitrogen and oxygen atoms in total. The Morgan fingerprint density at radius 2 is 2.07 bits per heavy atom. The van der Waals surface area contributed by atoms with E-state index in [1.807, 2.05) is 30.6 Å². The molecule has 15 heavy (non-hydrogen) atoms. The highest BCUT2D eigenvalue weighted by molar-refractivity contribution is 6.25. The van der Waals surface area contributed by atoms with Crippen LogP contribution in [-0.4, -0.2) is 5.84 Å². The molecule has 2 heteroatoms. The van der Waals surface area contributed by atoms with Gasteiger partial charge in [0, 0.05) is 18.0 Å². The lowest BCUT2D eigenvalue weighted by Gasteiger charge is -2.13. The largest absolute Gasteiger partial charge is 0.346 e. The number of dihydropyridines is 1. The number of nitrogens with zero attached hydrogens (tertiary/aromatic N) is 1. The highest BCUT2D eigenvalue weighted by Crippen LogP contribution is 2.25. The van der Waals surface area contributed by atoms with Gasteiger partial charge in [0.25, 0.3) is 0 Å². The Bertz CT molecular complexity index is 519. The molecule has 0 saturated heterocycles. The van der Waals surface area contributed by atoms with Gasteiger partial charge in [-0.05, 0) is 29.4 Å². The van der Waals surface area contributed by atoms with E-state index in [1.165, 1.54) is 11.1 Å². The first kappa shape index (κ1) is 8.24. The summed E-state index contributed by atoms with van der Waals surface area (Å²) in [6, 6.07) is 8.31. The molecule has 0 unspecified atom stereocenters. The number of benzene rings is 1. The molecule has 1 aromatic carbocycles. The summed E-state index contributed by atoms with van der Waals surface area (Å²) in [6.45, 7) is 0. The lowest BCUT2D eigenvalue weighted by Crippen LogP contribution is -2.20. The van der Waals surface area contributed by atoms with E-state index in [1.54, 1.807) is 0 Å². The number of hydrogen-bond donors (Lipinski definition) is 1. The van der Waals surface area contributed by atoms with Crippen LogP contribution in [0.5, 0.6) is 0 Å². The third-order valence-electron chi connectivity index (χ3n) is 2.54. The minimum Gasteiger partial charge on any atom is -0.346 e. The van der Waals surface area contributed by atoms with Gasteiger partial charge < -0.3 is 5.32 Å². The number of aliphatic imine (C=N–C) groups is 1. The van der Waals surface area contributed by atoms with E-state index in [-0.39, 0.29) is 0 Å². The molecule has 0 radical (unpaired) electrons. The van der Waals surface area contributed by atoms with Crippen LogP contribution in [0.3, 0.4) is 0 Å². The van der Waals surface area contributed by atoms with Gasteiger partial charge >= 0.3 is 0 Å². The Balaban J connectivity index is 2.26. The molecule has 2 heterocycles. The Labute approximate surface area is 88.4 Å². The Morgan fingerprint density at radius 1 is 1.13 bits per heavy atom. The maximum Gasteiger partial charge on any atom is 0.137 e. The highest BCUT2D eigenvalue weighted by Gasteiger charge is 2.14. The summed E-state index contributed by atoms with van der Waals surface area (Å²) >= 11 is 0. The number of amidine groups is 1. The number of rotatable bonds is 0. The van der Waals surface area contributed by atoms with Crippen molar-refractivity contribution in [2.75, 3.05) is 0 Å². The molecule has 0 amide bonds. The number of allylic oxidation sites excluding steroid dienone is 2. The van der Waals surface area contributed by atoms with E-state index in [4.69, 9.17) is 0 Å². The first-order valence-electron chi connectivity index (χ1n) is 4.93. The molecule has 0 saturated carbocycles. The van der Waals surface area contributed by atoms with Crippen molar-refractivity contribution in [2.45, 2.75) is 0 Å². The van der Waals surface area contributed by atoms with Crippen molar-refractivity contribution in [3.63, 3.8) is 0 Å². The normalized spacial score (nSPS) is 16.8. The van der Waals surface area contributed by atoms with Crippen molar-refractivity contribution in [3.05, 3.63) is 59.9 Å². The standard InChI is InChI=1S/C13H10N2/c1-2-5-11-10(4-1)7-9-15-13-12(11)6-3-8-14-13/h1-9H,(H,14,15). The SMILES string of the molecule is C1=CNC2=NC=Cc3ccccc3C2=C1. The smallest absolute Gasteiger partial charge is 0.137 e. The maximum absolute atomic E-state index is 4.37. The topological polar surface area (TPSA) is 24.4 Å². The van der Waals surface area contributed by atoms with Crippen molar-refractivity contribution in [2.24, 2.45) is 4.99 Å². The van der Waals surface area contributed by atoms with Gasteiger partial charge in [0.15, 0.2) is 0 Å². The molecule has 1 N–H and O–H groups in total. The predicted octanol–water partition coefficient (Wildman–Crippen LogP) is 2.57. The van der Waals surface area contributed by atoms with Gasteiger partial charge in [-0.2, -0.15) is 0 Å². The Morgan fingerprint density at radius 3 is 3.07 bits per heavy atom. The van der Waals surface area contributed by atoms with Gasteiger partial charge in [0.05, 0.1) is 0 Å². The first-order chi connectivity index (χ1) is 7.45. The number of hydrogen-bond acceptors (Lipinski definition) is 2.